The van der Waals surface area contributed by atoms with E-state index in [1.807, 2.05) is 24.4 Å². The first kappa shape index (κ1) is 22.2. The summed E-state index contributed by atoms with van der Waals surface area (Å²) >= 11 is 0. The molecule has 0 radical (unpaired) electrons. The van der Waals surface area contributed by atoms with Crippen LogP contribution in [0.15, 0.2) is 39.8 Å². The Morgan fingerprint density at radius 2 is 2.03 bits per heavy atom. The number of nitrogens with zero attached hydrogens (tertiary/aromatic N) is 2. The molecule has 1 atom stereocenters. The van der Waals surface area contributed by atoms with Crippen molar-refractivity contribution in [3.8, 4) is 0 Å². The normalized spacial score (nSPS) is 15.9. The van der Waals surface area contributed by atoms with E-state index in [0.717, 1.165) is 37.9 Å². The van der Waals surface area contributed by atoms with E-state index in [1.54, 1.807) is 13.1 Å². The monoisotopic (exact) mass is 411 g/mol. The summed E-state index contributed by atoms with van der Waals surface area (Å²) in [5.41, 5.74) is 1.29. The van der Waals surface area contributed by atoms with Crippen molar-refractivity contribution in [3.63, 3.8) is 0 Å². The van der Waals surface area contributed by atoms with E-state index in [1.165, 1.54) is 6.42 Å². The Hall–Kier alpha value is -2.47. The fourth-order valence-electron chi connectivity index (χ4n) is 4.04. The van der Waals surface area contributed by atoms with Gasteiger partial charge in [-0.3, -0.25) is 14.7 Å². The number of aryl methyl sites for hydroxylation is 2. The molecule has 1 aliphatic heterocycles. The molecule has 1 N–H and O–H groups in total. The van der Waals surface area contributed by atoms with Gasteiger partial charge in [-0.25, -0.2) is 4.79 Å². The second-order valence-corrected chi connectivity index (χ2v) is 8.60. The van der Waals surface area contributed by atoms with Gasteiger partial charge in [-0.05, 0) is 68.5 Å². The van der Waals surface area contributed by atoms with Gasteiger partial charge in [0.05, 0.1) is 6.04 Å². The smallest absolute Gasteiger partial charge is 0.349 e. The Morgan fingerprint density at radius 1 is 1.27 bits per heavy atom. The second kappa shape index (κ2) is 10.5. The summed E-state index contributed by atoms with van der Waals surface area (Å²) in [6.45, 7) is 8.50. The van der Waals surface area contributed by atoms with Gasteiger partial charge in [-0.1, -0.05) is 26.3 Å². The molecule has 1 fully saturated rings. The van der Waals surface area contributed by atoms with Crippen LogP contribution >= 0.6 is 0 Å². The number of hydrogen-bond donors (Lipinski definition) is 1. The minimum atomic E-state index is -0.554. The molecule has 1 aliphatic rings. The van der Waals surface area contributed by atoms with Crippen LogP contribution in [0.3, 0.4) is 0 Å². The van der Waals surface area contributed by atoms with Crippen LogP contribution in [0.4, 0.5) is 0 Å². The molecule has 3 rings (SSSR count). The SMILES string of the molecule is Cc1cc(CCC(C)C)oc(=O)c1C(=O)NCC(c1cccnc1)N1CCCCC1. The van der Waals surface area contributed by atoms with Crippen molar-refractivity contribution >= 4 is 5.91 Å². The Bertz CT molecular complexity index is 886. The van der Waals surface area contributed by atoms with E-state index >= 15 is 0 Å². The lowest BCUT2D eigenvalue weighted by molar-refractivity contribution is 0.0919. The molecule has 3 heterocycles. The van der Waals surface area contributed by atoms with Gasteiger partial charge in [-0.15, -0.1) is 0 Å². The predicted molar refractivity (Wildman–Crippen MR) is 118 cm³/mol. The third-order valence-corrected chi connectivity index (χ3v) is 5.75. The zero-order valence-electron chi connectivity index (χ0n) is 18.3. The lowest BCUT2D eigenvalue weighted by Crippen LogP contribution is -2.41. The molecule has 162 valence electrons. The quantitative estimate of drug-likeness (QED) is 0.713. The van der Waals surface area contributed by atoms with Gasteiger partial charge in [0.1, 0.15) is 11.3 Å². The average molecular weight is 412 g/mol. The Morgan fingerprint density at radius 3 is 2.67 bits per heavy atom. The third kappa shape index (κ3) is 5.79. The van der Waals surface area contributed by atoms with Crippen molar-refractivity contribution in [2.75, 3.05) is 19.6 Å². The minimum Gasteiger partial charge on any atom is -0.427 e. The lowest BCUT2D eigenvalue weighted by atomic mass is 10.0. The van der Waals surface area contributed by atoms with Crippen molar-refractivity contribution < 1.29 is 9.21 Å². The number of nitrogens with one attached hydrogen (secondary N) is 1. The van der Waals surface area contributed by atoms with Crippen LogP contribution in [0.2, 0.25) is 0 Å². The van der Waals surface area contributed by atoms with Crippen LogP contribution in [0.1, 0.15) is 72.8 Å². The van der Waals surface area contributed by atoms with Crippen LogP contribution in [0, 0.1) is 12.8 Å². The van der Waals surface area contributed by atoms with Crippen LogP contribution in [-0.4, -0.2) is 35.4 Å². The van der Waals surface area contributed by atoms with Crippen molar-refractivity contribution in [1.82, 2.24) is 15.2 Å². The highest BCUT2D eigenvalue weighted by Crippen LogP contribution is 2.23. The molecule has 0 spiro atoms. The Kier molecular flexibility index (Phi) is 7.80. The van der Waals surface area contributed by atoms with Gasteiger partial charge < -0.3 is 9.73 Å². The number of aromatic nitrogens is 1. The molecule has 30 heavy (non-hydrogen) atoms. The number of rotatable bonds is 8. The van der Waals surface area contributed by atoms with Gasteiger partial charge in [0, 0.05) is 25.4 Å². The van der Waals surface area contributed by atoms with E-state index in [4.69, 9.17) is 4.42 Å². The average Bonchev–Trinajstić information content (AvgIpc) is 2.73. The number of amides is 1. The maximum absolute atomic E-state index is 12.9. The molecule has 0 aromatic carbocycles. The molecule has 1 saturated heterocycles. The van der Waals surface area contributed by atoms with E-state index in [-0.39, 0.29) is 17.5 Å². The molecule has 0 aliphatic carbocycles. The summed E-state index contributed by atoms with van der Waals surface area (Å²) in [5.74, 6) is 0.796. The summed E-state index contributed by atoms with van der Waals surface area (Å²) in [6.07, 6.45) is 8.81. The number of carbonyl (C=O) groups excluding carboxylic acids is 1. The van der Waals surface area contributed by atoms with Crippen LogP contribution in [0.25, 0.3) is 0 Å². The van der Waals surface area contributed by atoms with E-state index < -0.39 is 5.63 Å². The highest BCUT2D eigenvalue weighted by molar-refractivity contribution is 5.95. The molecular weight excluding hydrogens is 378 g/mol. The van der Waals surface area contributed by atoms with Gasteiger partial charge >= 0.3 is 5.63 Å². The van der Waals surface area contributed by atoms with Crippen LogP contribution in [-0.2, 0) is 6.42 Å². The van der Waals surface area contributed by atoms with Gasteiger partial charge in [0.25, 0.3) is 5.91 Å². The second-order valence-electron chi connectivity index (χ2n) is 8.60. The number of hydrogen-bond acceptors (Lipinski definition) is 5. The zero-order valence-corrected chi connectivity index (χ0v) is 18.3. The van der Waals surface area contributed by atoms with Gasteiger partial charge in [0.2, 0.25) is 0 Å². The molecule has 2 aromatic rings. The zero-order chi connectivity index (χ0) is 21.5. The van der Waals surface area contributed by atoms with Gasteiger partial charge in [0.15, 0.2) is 0 Å². The summed E-state index contributed by atoms with van der Waals surface area (Å²) in [5, 5.41) is 2.98. The van der Waals surface area contributed by atoms with Crippen LogP contribution < -0.4 is 10.9 Å². The number of pyridine rings is 1. The first-order valence-corrected chi connectivity index (χ1v) is 11.0. The number of piperidine rings is 1. The summed E-state index contributed by atoms with van der Waals surface area (Å²) in [6, 6.07) is 5.83. The summed E-state index contributed by atoms with van der Waals surface area (Å²) < 4.78 is 5.43. The van der Waals surface area contributed by atoms with Crippen molar-refractivity contribution in [2.24, 2.45) is 5.92 Å². The largest absolute Gasteiger partial charge is 0.427 e. The van der Waals surface area contributed by atoms with E-state index in [0.29, 0.717) is 30.2 Å². The number of carbonyl (C=O) groups is 1. The Balaban J connectivity index is 1.73. The maximum Gasteiger partial charge on any atom is 0.349 e. The summed E-state index contributed by atoms with van der Waals surface area (Å²) in [7, 11) is 0. The molecular formula is C24H33N3O3. The predicted octanol–water partition coefficient (Wildman–Crippen LogP) is 3.89. The van der Waals surface area contributed by atoms with Crippen molar-refractivity contribution in [3.05, 3.63) is 63.5 Å². The molecule has 0 bridgehead atoms. The topological polar surface area (TPSA) is 75.4 Å². The summed E-state index contributed by atoms with van der Waals surface area (Å²) in [4.78, 5) is 32.0. The van der Waals surface area contributed by atoms with Gasteiger partial charge in [-0.2, -0.15) is 0 Å². The highest BCUT2D eigenvalue weighted by Gasteiger charge is 2.24. The van der Waals surface area contributed by atoms with Crippen LogP contribution in [0.5, 0.6) is 0 Å². The Labute approximate surface area is 178 Å². The van der Waals surface area contributed by atoms with E-state index in [9.17, 15) is 9.59 Å². The first-order chi connectivity index (χ1) is 14.5. The minimum absolute atomic E-state index is 0.0422. The van der Waals surface area contributed by atoms with Crippen molar-refractivity contribution in [2.45, 2.75) is 58.9 Å². The molecule has 6 heteroatoms. The lowest BCUT2D eigenvalue weighted by Gasteiger charge is -2.34. The fourth-order valence-corrected chi connectivity index (χ4v) is 4.04. The molecule has 1 unspecified atom stereocenters. The maximum atomic E-state index is 12.9. The van der Waals surface area contributed by atoms with E-state index in [2.05, 4.69) is 29.0 Å². The molecule has 2 aromatic heterocycles. The fraction of sp³-hybridized carbons (Fsp3) is 0.542. The molecule has 6 nitrogen and oxygen atoms in total. The number of likely N-dealkylation sites (tertiary alicyclic amines) is 1. The molecule has 1 amide bonds. The third-order valence-electron chi connectivity index (χ3n) is 5.75. The molecule has 0 saturated carbocycles. The highest BCUT2D eigenvalue weighted by atomic mass is 16.4. The van der Waals surface area contributed by atoms with Crippen molar-refractivity contribution in [1.29, 1.82) is 0 Å². The standard InChI is InChI=1S/C24H33N3O3/c1-17(2)9-10-20-14-18(3)22(24(29)30-20)23(28)26-16-21(19-8-7-11-25-15-19)27-12-5-4-6-13-27/h7-8,11,14-15,17,21H,4-6,9-10,12-13,16H2,1-3H3,(H,26,28). The first-order valence-electron chi connectivity index (χ1n) is 11.0.